The molecule has 2 aromatic heterocycles. The number of allylic oxidation sites excluding steroid dienone is 4. The van der Waals surface area contributed by atoms with Crippen LogP contribution in [0.2, 0.25) is 0 Å². The van der Waals surface area contributed by atoms with Crippen molar-refractivity contribution in [1.29, 1.82) is 0 Å². The molecule has 0 bridgehead atoms. The summed E-state index contributed by atoms with van der Waals surface area (Å²) in [6.07, 6.45) is 10.6. The van der Waals surface area contributed by atoms with Crippen molar-refractivity contribution in [3.05, 3.63) is 72.3 Å². The first-order chi connectivity index (χ1) is 10.3. The molecule has 2 nitrogen and oxygen atoms in total. The molecule has 1 saturated carbocycles. The summed E-state index contributed by atoms with van der Waals surface area (Å²) < 4.78 is 0. The van der Waals surface area contributed by atoms with Crippen LogP contribution >= 0.6 is 0 Å². The van der Waals surface area contributed by atoms with E-state index in [4.69, 9.17) is 0 Å². The van der Waals surface area contributed by atoms with Gasteiger partial charge in [-0.1, -0.05) is 31.2 Å². The molecule has 0 saturated heterocycles. The van der Waals surface area contributed by atoms with Gasteiger partial charge >= 0.3 is 0 Å². The van der Waals surface area contributed by atoms with Gasteiger partial charge in [-0.2, -0.15) is 0 Å². The van der Waals surface area contributed by atoms with Crippen LogP contribution in [0, 0.1) is 11.3 Å². The molecular weight excluding hydrogens is 256 g/mol. The summed E-state index contributed by atoms with van der Waals surface area (Å²) in [5.74, 6) is 0.572. The van der Waals surface area contributed by atoms with E-state index in [1.165, 1.54) is 17.6 Å². The van der Waals surface area contributed by atoms with Crippen molar-refractivity contribution in [3.63, 3.8) is 0 Å². The molecule has 2 heterocycles. The van der Waals surface area contributed by atoms with Gasteiger partial charge in [0.15, 0.2) is 0 Å². The van der Waals surface area contributed by atoms with Gasteiger partial charge in [-0.05, 0) is 54.2 Å². The van der Waals surface area contributed by atoms with E-state index in [9.17, 15) is 0 Å². The molecule has 4 rings (SSSR count). The van der Waals surface area contributed by atoms with Crippen LogP contribution in [0.1, 0.15) is 31.2 Å². The quantitative estimate of drug-likeness (QED) is 0.812. The Morgan fingerprint density at radius 1 is 0.952 bits per heavy atom. The normalized spacial score (nSPS) is 27.2. The van der Waals surface area contributed by atoms with Gasteiger partial charge in [-0.25, -0.2) is 0 Å². The van der Waals surface area contributed by atoms with E-state index in [1.54, 1.807) is 0 Å². The van der Waals surface area contributed by atoms with E-state index in [0.29, 0.717) is 5.92 Å². The fourth-order valence-electron chi connectivity index (χ4n) is 3.53. The first kappa shape index (κ1) is 12.5. The molecule has 2 aliphatic carbocycles. The van der Waals surface area contributed by atoms with E-state index in [0.717, 1.165) is 17.8 Å². The third-order valence-corrected chi connectivity index (χ3v) is 4.79. The van der Waals surface area contributed by atoms with E-state index in [-0.39, 0.29) is 5.41 Å². The number of aromatic nitrogens is 2. The van der Waals surface area contributed by atoms with Gasteiger partial charge in [-0.3, -0.25) is 9.97 Å². The molecule has 1 fully saturated rings. The molecule has 2 heteroatoms. The van der Waals surface area contributed by atoms with Crippen molar-refractivity contribution in [1.82, 2.24) is 9.97 Å². The molecule has 21 heavy (non-hydrogen) atoms. The maximum Gasteiger partial charge on any atom is 0.0664 e. The Morgan fingerprint density at radius 2 is 1.67 bits per heavy atom. The Kier molecular flexibility index (Phi) is 2.78. The number of hydrogen-bond acceptors (Lipinski definition) is 2. The summed E-state index contributed by atoms with van der Waals surface area (Å²) in [6.45, 7) is 2.36. The van der Waals surface area contributed by atoms with E-state index < -0.39 is 0 Å². The van der Waals surface area contributed by atoms with Crippen LogP contribution in [0.4, 0.5) is 0 Å². The second kappa shape index (κ2) is 4.66. The lowest BCUT2D eigenvalue weighted by molar-refractivity contribution is 0.723. The summed E-state index contributed by atoms with van der Waals surface area (Å²) in [5.41, 5.74) is 5.27. The average molecular weight is 274 g/mol. The minimum atomic E-state index is 0.216. The second-order valence-corrected chi connectivity index (χ2v) is 6.12. The molecule has 2 aromatic rings. The van der Waals surface area contributed by atoms with Crippen molar-refractivity contribution in [2.75, 3.05) is 0 Å². The van der Waals surface area contributed by atoms with Crippen LogP contribution in [0.3, 0.4) is 0 Å². The van der Waals surface area contributed by atoms with Crippen molar-refractivity contribution in [2.24, 2.45) is 11.3 Å². The van der Waals surface area contributed by atoms with Gasteiger partial charge in [0.25, 0.3) is 0 Å². The van der Waals surface area contributed by atoms with Crippen LogP contribution in [0.5, 0.6) is 0 Å². The topological polar surface area (TPSA) is 25.8 Å². The zero-order valence-electron chi connectivity index (χ0n) is 12.2. The highest BCUT2D eigenvalue weighted by Crippen LogP contribution is 2.65. The molecule has 0 N–H and O–H groups in total. The fourth-order valence-corrected chi connectivity index (χ4v) is 3.53. The minimum absolute atomic E-state index is 0.216. The van der Waals surface area contributed by atoms with Gasteiger partial charge in [-0.15, -0.1) is 0 Å². The summed E-state index contributed by atoms with van der Waals surface area (Å²) >= 11 is 0. The van der Waals surface area contributed by atoms with Crippen molar-refractivity contribution in [3.8, 4) is 0 Å². The fraction of sp³-hybridized carbons (Fsp3) is 0.263. The van der Waals surface area contributed by atoms with Crippen LogP contribution < -0.4 is 0 Å². The van der Waals surface area contributed by atoms with Crippen molar-refractivity contribution < 1.29 is 0 Å². The van der Waals surface area contributed by atoms with Crippen LogP contribution in [0.15, 0.2) is 60.9 Å². The number of pyridine rings is 2. The molecule has 0 spiro atoms. The molecule has 0 aliphatic heterocycles. The largest absolute Gasteiger partial charge is 0.257 e. The molecule has 2 aliphatic rings. The summed E-state index contributed by atoms with van der Waals surface area (Å²) in [7, 11) is 0. The molecule has 0 amide bonds. The molecule has 2 atom stereocenters. The molecule has 104 valence electrons. The van der Waals surface area contributed by atoms with Gasteiger partial charge in [0, 0.05) is 17.8 Å². The van der Waals surface area contributed by atoms with E-state index >= 15 is 0 Å². The van der Waals surface area contributed by atoms with Crippen molar-refractivity contribution >= 4 is 11.1 Å². The van der Waals surface area contributed by atoms with Crippen molar-refractivity contribution in [2.45, 2.75) is 19.8 Å². The smallest absolute Gasteiger partial charge is 0.0664 e. The van der Waals surface area contributed by atoms with Crippen LogP contribution in [0.25, 0.3) is 11.1 Å². The molecule has 0 radical (unpaired) electrons. The zero-order valence-corrected chi connectivity index (χ0v) is 12.2. The number of fused-ring (bicyclic) bond motifs is 1. The molecule has 0 aromatic carbocycles. The lowest BCUT2D eigenvalue weighted by Gasteiger charge is -2.15. The molecule has 2 unspecified atom stereocenters. The lowest BCUT2D eigenvalue weighted by atomic mass is 9.90. The highest BCUT2D eigenvalue weighted by atomic mass is 14.7. The Bertz CT molecular complexity index is 716. The number of rotatable bonds is 2. The molecular formula is C19H18N2. The Balaban J connectivity index is 1.70. The lowest BCUT2D eigenvalue weighted by Crippen LogP contribution is -2.04. The Morgan fingerprint density at radius 3 is 2.33 bits per heavy atom. The summed E-state index contributed by atoms with van der Waals surface area (Å²) in [5, 5.41) is 0. The zero-order chi connectivity index (χ0) is 14.3. The minimum Gasteiger partial charge on any atom is -0.257 e. The second-order valence-electron chi connectivity index (χ2n) is 6.12. The highest BCUT2D eigenvalue weighted by molar-refractivity contribution is 5.81. The predicted octanol–water partition coefficient (Wildman–Crippen LogP) is 4.37. The predicted molar refractivity (Wildman–Crippen MR) is 85.3 cm³/mol. The van der Waals surface area contributed by atoms with E-state index in [2.05, 4.69) is 53.3 Å². The maximum absolute atomic E-state index is 4.56. The summed E-state index contributed by atoms with van der Waals surface area (Å²) in [6, 6.07) is 12.3. The van der Waals surface area contributed by atoms with Gasteiger partial charge in [0.05, 0.1) is 11.4 Å². The Labute approximate surface area is 125 Å². The van der Waals surface area contributed by atoms with E-state index in [1.807, 2.05) is 24.5 Å². The first-order valence-electron chi connectivity index (χ1n) is 7.52. The monoisotopic (exact) mass is 274 g/mol. The van der Waals surface area contributed by atoms with Gasteiger partial charge in [0.2, 0.25) is 0 Å². The van der Waals surface area contributed by atoms with Crippen LogP contribution in [-0.2, 0) is 0 Å². The van der Waals surface area contributed by atoms with Gasteiger partial charge < -0.3 is 0 Å². The van der Waals surface area contributed by atoms with Gasteiger partial charge in [0.1, 0.15) is 0 Å². The van der Waals surface area contributed by atoms with Crippen LogP contribution in [-0.4, -0.2) is 9.97 Å². The first-order valence-corrected chi connectivity index (χ1v) is 7.52. The standard InChI is InChI=1S/C19H18N2/c1-19-13-16(19)14(17-9-2-4-11-20-17)7-6-8-15(19)18-10-3-5-12-21-18/h2-5,7-12,16H,6,13H2,1H3. The number of nitrogens with zero attached hydrogens (tertiary/aromatic N) is 2. The SMILES string of the molecule is CC12CC1C(c1ccccn1)=CCC=C2c1ccccn1. The third kappa shape index (κ3) is 2.02. The summed E-state index contributed by atoms with van der Waals surface area (Å²) in [4.78, 5) is 9.10. The maximum atomic E-state index is 4.56. The third-order valence-electron chi connectivity index (χ3n) is 4.79. The number of hydrogen-bond donors (Lipinski definition) is 0. The Hall–Kier alpha value is -2.22. The highest BCUT2D eigenvalue weighted by Gasteiger charge is 2.55. The average Bonchev–Trinajstić information content (AvgIpc) is 3.22.